The third-order valence-corrected chi connectivity index (χ3v) is 4.57. The van der Waals surface area contributed by atoms with Gasteiger partial charge in [0.1, 0.15) is 0 Å². The molecule has 2 rings (SSSR count). The maximum Gasteiger partial charge on any atom is 0.0700 e. The van der Waals surface area contributed by atoms with Gasteiger partial charge in [0, 0.05) is 30.8 Å². The van der Waals surface area contributed by atoms with Gasteiger partial charge < -0.3 is 14.8 Å². The van der Waals surface area contributed by atoms with Crippen LogP contribution in [-0.4, -0.2) is 39.5 Å². The molecule has 0 bridgehead atoms. The Kier molecular flexibility index (Phi) is 7.72. The number of halogens is 1. The standard InChI is InChI=1S/C17H26BrNO2/c1-20-11-12-21-10-4-5-14(13-19-15-8-9-15)16-6-2-3-7-17(16)18/h2-3,6-7,14-15,19H,4-5,8-13H2,1H3. The Labute approximate surface area is 136 Å². The van der Waals surface area contributed by atoms with Gasteiger partial charge in [0.05, 0.1) is 13.2 Å². The normalized spacial score (nSPS) is 16.1. The first-order valence-electron chi connectivity index (χ1n) is 7.85. The van der Waals surface area contributed by atoms with Crippen molar-refractivity contribution in [2.24, 2.45) is 0 Å². The van der Waals surface area contributed by atoms with Crippen molar-refractivity contribution in [2.45, 2.75) is 37.6 Å². The first kappa shape index (κ1) is 16.9. The van der Waals surface area contributed by atoms with E-state index in [0.29, 0.717) is 19.1 Å². The van der Waals surface area contributed by atoms with Crippen LogP contribution in [0.2, 0.25) is 0 Å². The Morgan fingerprint density at radius 3 is 2.76 bits per heavy atom. The summed E-state index contributed by atoms with van der Waals surface area (Å²) >= 11 is 3.69. The Morgan fingerprint density at radius 2 is 2.05 bits per heavy atom. The highest BCUT2D eigenvalue weighted by Gasteiger charge is 2.23. The van der Waals surface area contributed by atoms with Gasteiger partial charge in [-0.15, -0.1) is 0 Å². The first-order chi connectivity index (χ1) is 10.3. The van der Waals surface area contributed by atoms with Crippen LogP contribution in [0.1, 0.15) is 37.2 Å². The van der Waals surface area contributed by atoms with E-state index < -0.39 is 0 Å². The minimum atomic E-state index is 0.548. The fourth-order valence-corrected chi connectivity index (χ4v) is 3.05. The molecular weight excluding hydrogens is 330 g/mol. The van der Waals surface area contributed by atoms with E-state index in [1.807, 2.05) is 0 Å². The molecule has 1 aliphatic carbocycles. The molecule has 118 valence electrons. The first-order valence-corrected chi connectivity index (χ1v) is 8.65. The van der Waals surface area contributed by atoms with Crippen molar-refractivity contribution in [2.75, 3.05) is 33.5 Å². The zero-order valence-electron chi connectivity index (χ0n) is 12.8. The lowest BCUT2D eigenvalue weighted by molar-refractivity contribution is 0.0681. The molecule has 1 saturated carbocycles. The summed E-state index contributed by atoms with van der Waals surface area (Å²) in [5, 5.41) is 3.66. The van der Waals surface area contributed by atoms with E-state index in [-0.39, 0.29) is 0 Å². The summed E-state index contributed by atoms with van der Waals surface area (Å²) in [7, 11) is 1.70. The van der Waals surface area contributed by atoms with E-state index in [4.69, 9.17) is 9.47 Å². The van der Waals surface area contributed by atoms with Crippen molar-refractivity contribution in [3.05, 3.63) is 34.3 Å². The van der Waals surface area contributed by atoms with Gasteiger partial charge in [0.25, 0.3) is 0 Å². The van der Waals surface area contributed by atoms with Crippen molar-refractivity contribution < 1.29 is 9.47 Å². The van der Waals surface area contributed by atoms with Crippen LogP contribution in [-0.2, 0) is 9.47 Å². The molecule has 0 amide bonds. The second-order valence-corrected chi connectivity index (χ2v) is 6.50. The largest absolute Gasteiger partial charge is 0.382 e. The molecule has 0 saturated heterocycles. The van der Waals surface area contributed by atoms with Crippen LogP contribution in [0.15, 0.2) is 28.7 Å². The summed E-state index contributed by atoms with van der Waals surface area (Å²) < 4.78 is 11.8. The van der Waals surface area contributed by atoms with Gasteiger partial charge in [0.2, 0.25) is 0 Å². The maximum atomic E-state index is 5.57. The SMILES string of the molecule is COCCOCCCC(CNC1CC1)c1ccccc1Br. The Hall–Kier alpha value is -0.420. The molecule has 1 aliphatic rings. The smallest absolute Gasteiger partial charge is 0.0700 e. The van der Waals surface area contributed by atoms with E-state index in [1.165, 1.54) is 22.9 Å². The molecule has 0 aliphatic heterocycles. The summed E-state index contributed by atoms with van der Waals surface area (Å²) in [6.45, 7) is 3.24. The van der Waals surface area contributed by atoms with Crippen molar-refractivity contribution in [3.63, 3.8) is 0 Å². The molecular formula is C17H26BrNO2. The van der Waals surface area contributed by atoms with Gasteiger partial charge in [-0.1, -0.05) is 34.1 Å². The summed E-state index contributed by atoms with van der Waals surface area (Å²) in [6.07, 6.45) is 4.91. The Morgan fingerprint density at radius 1 is 1.24 bits per heavy atom. The molecule has 1 aromatic carbocycles. The van der Waals surface area contributed by atoms with E-state index >= 15 is 0 Å². The van der Waals surface area contributed by atoms with Gasteiger partial charge in [0.15, 0.2) is 0 Å². The van der Waals surface area contributed by atoms with E-state index in [0.717, 1.165) is 32.0 Å². The van der Waals surface area contributed by atoms with Crippen LogP contribution in [0.4, 0.5) is 0 Å². The van der Waals surface area contributed by atoms with Crippen molar-refractivity contribution in [3.8, 4) is 0 Å². The van der Waals surface area contributed by atoms with Gasteiger partial charge in [-0.3, -0.25) is 0 Å². The fraction of sp³-hybridized carbons (Fsp3) is 0.647. The predicted molar refractivity (Wildman–Crippen MR) is 89.8 cm³/mol. The van der Waals surface area contributed by atoms with Crippen LogP contribution in [0.3, 0.4) is 0 Å². The number of methoxy groups -OCH3 is 1. The second-order valence-electron chi connectivity index (χ2n) is 5.65. The molecule has 1 N–H and O–H groups in total. The summed E-state index contributed by atoms with van der Waals surface area (Å²) in [4.78, 5) is 0. The number of rotatable bonds is 11. The lowest BCUT2D eigenvalue weighted by Crippen LogP contribution is -2.24. The van der Waals surface area contributed by atoms with Gasteiger partial charge in [-0.25, -0.2) is 0 Å². The molecule has 0 radical (unpaired) electrons. The average molecular weight is 356 g/mol. The number of nitrogens with one attached hydrogen (secondary N) is 1. The molecule has 1 atom stereocenters. The molecule has 21 heavy (non-hydrogen) atoms. The van der Waals surface area contributed by atoms with Crippen molar-refractivity contribution >= 4 is 15.9 Å². The highest BCUT2D eigenvalue weighted by Crippen LogP contribution is 2.29. The highest BCUT2D eigenvalue weighted by molar-refractivity contribution is 9.10. The van der Waals surface area contributed by atoms with E-state index in [1.54, 1.807) is 7.11 Å². The molecule has 1 aromatic rings. The molecule has 0 aromatic heterocycles. The zero-order valence-corrected chi connectivity index (χ0v) is 14.4. The average Bonchev–Trinajstić information content (AvgIpc) is 3.31. The lowest BCUT2D eigenvalue weighted by atomic mass is 9.94. The van der Waals surface area contributed by atoms with Gasteiger partial charge >= 0.3 is 0 Å². The lowest BCUT2D eigenvalue weighted by Gasteiger charge is -2.19. The van der Waals surface area contributed by atoms with Crippen molar-refractivity contribution in [1.29, 1.82) is 0 Å². The topological polar surface area (TPSA) is 30.5 Å². The van der Waals surface area contributed by atoms with Gasteiger partial charge in [-0.2, -0.15) is 0 Å². The van der Waals surface area contributed by atoms with E-state index in [2.05, 4.69) is 45.5 Å². The minimum absolute atomic E-state index is 0.548. The number of ether oxygens (including phenoxy) is 2. The van der Waals surface area contributed by atoms with Crippen LogP contribution in [0.5, 0.6) is 0 Å². The number of benzene rings is 1. The Balaban J connectivity index is 1.79. The van der Waals surface area contributed by atoms with Crippen LogP contribution in [0, 0.1) is 0 Å². The van der Waals surface area contributed by atoms with Gasteiger partial charge in [-0.05, 0) is 43.2 Å². The summed E-state index contributed by atoms with van der Waals surface area (Å²) in [6, 6.07) is 9.32. The summed E-state index contributed by atoms with van der Waals surface area (Å²) in [5.74, 6) is 0.548. The quantitative estimate of drug-likeness (QED) is 0.613. The molecule has 0 heterocycles. The Bertz CT molecular complexity index is 410. The fourth-order valence-electron chi connectivity index (χ4n) is 2.45. The third kappa shape index (κ3) is 6.47. The van der Waals surface area contributed by atoms with Crippen LogP contribution in [0.25, 0.3) is 0 Å². The minimum Gasteiger partial charge on any atom is -0.382 e. The third-order valence-electron chi connectivity index (χ3n) is 3.85. The predicted octanol–water partition coefficient (Wildman–Crippen LogP) is 3.73. The molecule has 4 heteroatoms. The highest BCUT2D eigenvalue weighted by atomic mass is 79.9. The molecule has 0 spiro atoms. The van der Waals surface area contributed by atoms with E-state index in [9.17, 15) is 0 Å². The second kappa shape index (κ2) is 9.57. The molecule has 1 fully saturated rings. The monoisotopic (exact) mass is 355 g/mol. The number of hydrogen-bond acceptors (Lipinski definition) is 3. The number of hydrogen-bond donors (Lipinski definition) is 1. The van der Waals surface area contributed by atoms with Crippen LogP contribution < -0.4 is 5.32 Å². The van der Waals surface area contributed by atoms with Crippen LogP contribution >= 0.6 is 15.9 Å². The maximum absolute atomic E-state index is 5.57. The van der Waals surface area contributed by atoms with Crippen molar-refractivity contribution in [1.82, 2.24) is 5.32 Å². The molecule has 1 unspecified atom stereocenters. The molecule has 3 nitrogen and oxygen atoms in total. The zero-order chi connectivity index (χ0) is 14.9. The summed E-state index contributed by atoms with van der Waals surface area (Å²) in [5.41, 5.74) is 1.41.